The van der Waals surface area contributed by atoms with Crippen LogP contribution in [0.15, 0.2) is 23.6 Å². The molecule has 1 N–H and O–H groups in total. The Morgan fingerprint density at radius 1 is 1.36 bits per heavy atom. The number of hydrogen-bond donors (Lipinski definition) is 1. The van der Waals surface area contributed by atoms with E-state index in [4.69, 9.17) is 21.1 Å². The highest BCUT2D eigenvalue weighted by atomic mass is 35.5. The number of ether oxygens (including phenoxy) is 2. The van der Waals surface area contributed by atoms with E-state index in [-0.39, 0.29) is 17.7 Å². The standard InChI is InChI=1S/C16H19ClN4O3S/c1-10(2)21-9-18-20-16(21)25-8-15(22)19-12-7-14-13(6-11(12)17)23-4-3-5-24-14/h6-7,9-10H,3-5,8H2,1-2H3,(H,19,22). The average Bonchev–Trinajstić information content (AvgIpc) is 2.94. The molecule has 0 radical (unpaired) electrons. The number of amides is 1. The van der Waals surface area contributed by atoms with Gasteiger partial charge in [0.15, 0.2) is 16.7 Å². The third-order valence-corrected chi connectivity index (χ3v) is 4.81. The van der Waals surface area contributed by atoms with Gasteiger partial charge in [0.05, 0.1) is 29.7 Å². The molecule has 0 unspecified atom stereocenters. The summed E-state index contributed by atoms with van der Waals surface area (Å²) in [6.07, 6.45) is 2.47. The number of nitrogens with one attached hydrogen (secondary N) is 1. The highest BCUT2D eigenvalue weighted by Gasteiger charge is 2.16. The summed E-state index contributed by atoms with van der Waals surface area (Å²) < 4.78 is 13.1. The first-order valence-electron chi connectivity index (χ1n) is 7.96. The van der Waals surface area contributed by atoms with E-state index < -0.39 is 0 Å². The molecule has 7 nitrogen and oxygen atoms in total. The number of thioether (sulfide) groups is 1. The Hall–Kier alpha value is -1.93. The van der Waals surface area contributed by atoms with E-state index in [9.17, 15) is 4.79 Å². The molecule has 0 bridgehead atoms. The maximum Gasteiger partial charge on any atom is 0.234 e. The quantitative estimate of drug-likeness (QED) is 0.798. The third kappa shape index (κ3) is 4.38. The van der Waals surface area contributed by atoms with Crippen molar-refractivity contribution < 1.29 is 14.3 Å². The van der Waals surface area contributed by atoms with Gasteiger partial charge in [0.2, 0.25) is 5.91 Å². The van der Waals surface area contributed by atoms with Crippen molar-refractivity contribution in [2.45, 2.75) is 31.5 Å². The molecule has 2 aromatic rings. The number of carbonyl (C=O) groups is 1. The number of benzene rings is 1. The summed E-state index contributed by atoms with van der Waals surface area (Å²) in [5.74, 6) is 1.21. The fourth-order valence-electron chi connectivity index (χ4n) is 2.29. The summed E-state index contributed by atoms with van der Waals surface area (Å²) in [7, 11) is 0. The molecule has 134 valence electrons. The second-order valence-corrected chi connectivity index (χ2v) is 7.13. The van der Waals surface area contributed by atoms with Gasteiger partial charge in [-0.1, -0.05) is 23.4 Å². The van der Waals surface area contributed by atoms with Gasteiger partial charge in [-0.25, -0.2) is 0 Å². The number of hydrogen-bond acceptors (Lipinski definition) is 6. The SMILES string of the molecule is CC(C)n1cnnc1SCC(=O)Nc1cc2c(cc1Cl)OCCCO2. The molecular weight excluding hydrogens is 364 g/mol. The smallest absolute Gasteiger partial charge is 0.234 e. The molecule has 0 fully saturated rings. The van der Waals surface area contributed by atoms with Crippen LogP contribution in [0.4, 0.5) is 5.69 Å². The largest absolute Gasteiger partial charge is 0.490 e. The Kier molecular flexibility index (Phi) is 5.70. The number of carbonyl (C=O) groups excluding carboxylic acids is 1. The normalized spacial score (nSPS) is 13.6. The van der Waals surface area contributed by atoms with Crippen molar-refractivity contribution in [1.29, 1.82) is 0 Å². The van der Waals surface area contributed by atoms with Gasteiger partial charge in [-0.2, -0.15) is 0 Å². The van der Waals surface area contributed by atoms with Gasteiger partial charge in [-0.05, 0) is 13.8 Å². The summed E-state index contributed by atoms with van der Waals surface area (Å²) in [6.45, 7) is 5.22. The molecule has 1 amide bonds. The van der Waals surface area contributed by atoms with E-state index in [0.717, 1.165) is 6.42 Å². The first-order valence-corrected chi connectivity index (χ1v) is 9.32. The number of aromatic nitrogens is 3. The zero-order valence-corrected chi connectivity index (χ0v) is 15.6. The van der Waals surface area contributed by atoms with Gasteiger partial charge >= 0.3 is 0 Å². The highest BCUT2D eigenvalue weighted by Crippen LogP contribution is 2.37. The number of fused-ring (bicyclic) bond motifs is 1. The lowest BCUT2D eigenvalue weighted by Gasteiger charge is -2.13. The second kappa shape index (κ2) is 7.97. The molecule has 9 heteroatoms. The lowest BCUT2D eigenvalue weighted by molar-refractivity contribution is -0.113. The predicted octanol–water partition coefficient (Wildman–Crippen LogP) is 3.40. The molecule has 0 aliphatic carbocycles. The molecule has 1 aromatic carbocycles. The van der Waals surface area contributed by atoms with Crippen LogP contribution in [-0.2, 0) is 4.79 Å². The van der Waals surface area contributed by atoms with Gasteiger partial charge in [0.25, 0.3) is 0 Å². The molecule has 1 aliphatic heterocycles. The van der Waals surface area contributed by atoms with Crippen molar-refractivity contribution in [2.24, 2.45) is 0 Å². The number of anilines is 1. The first-order chi connectivity index (χ1) is 12.0. The molecule has 3 rings (SSSR count). The van der Waals surface area contributed by atoms with Crippen LogP contribution in [0, 0.1) is 0 Å². The van der Waals surface area contributed by atoms with Gasteiger partial charge in [0, 0.05) is 24.6 Å². The summed E-state index contributed by atoms with van der Waals surface area (Å²) in [4.78, 5) is 12.3. The minimum atomic E-state index is -0.181. The van der Waals surface area contributed by atoms with Crippen molar-refractivity contribution in [2.75, 3.05) is 24.3 Å². The van der Waals surface area contributed by atoms with Gasteiger partial charge < -0.3 is 19.4 Å². The molecule has 2 heterocycles. The van der Waals surface area contributed by atoms with E-state index in [1.54, 1.807) is 18.5 Å². The number of nitrogens with zero attached hydrogens (tertiary/aromatic N) is 3. The zero-order chi connectivity index (χ0) is 17.8. The number of rotatable bonds is 5. The van der Waals surface area contributed by atoms with Gasteiger partial charge in [-0.15, -0.1) is 10.2 Å². The maximum atomic E-state index is 12.3. The van der Waals surface area contributed by atoms with Gasteiger partial charge in [-0.3, -0.25) is 4.79 Å². The molecular formula is C16H19ClN4O3S. The maximum absolute atomic E-state index is 12.3. The van der Waals surface area contributed by atoms with Crippen LogP contribution in [-0.4, -0.2) is 39.6 Å². The topological polar surface area (TPSA) is 78.3 Å². The average molecular weight is 383 g/mol. The number of halogens is 1. The van der Waals surface area contributed by atoms with E-state index in [0.29, 0.717) is 40.6 Å². The van der Waals surface area contributed by atoms with Crippen LogP contribution in [0.1, 0.15) is 26.3 Å². The Morgan fingerprint density at radius 3 is 2.80 bits per heavy atom. The molecule has 25 heavy (non-hydrogen) atoms. The van der Waals surface area contributed by atoms with Crippen LogP contribution in [0.3, 0.4) is 0 Å². The Bertz CT molecular complexity index is 766. The van der Waals surface area contributed by atoms with E-state index >= 15 is 0 Å². The van der Waals surface area contributed by atoms with Crippen molar-refractivity contribution in [3.8, 4) is 11.5 Å². The minimum Gasteiger partial charge on any atom is -0.490 e. The van der Waals surface area contributed by atoms with E-state index in [1.165, 1.54) is 11.8 Å². The summed E-state index contributed by atoms with van der Waals surface area (Å²) in [5, 5.41) is 11.8. The van der Waals surface area contributed by atoms with Crippen molar-refractivity contribution in [3.63, 3.8) is 0 Å². The van der Waals surface area contributed by atoms with E-state index in [1.807, 2.05) is 18.4 Å². The van der Waals surface area contributed by atoms with Crippen LogP contribution in [0.5, 0.6) is 11.5 Å². The van der Waals surface area contributed by atoms with Crippen molar-refractivity contribution in [1.82, 2.24) is 14.8 Å². The van der Waals surface area contributed by atoms with E-state index in [2.05, 4.69) is 15.5 Å². The summed E-state index contributed by atoms with van der Waals surface area (Å²) in [6, 6.07) is 3.60. The molecule has 1 aromatic heterocycles. The molecule has 0 atom stereocenters. The monoisotopic (exact) mass is 382 g/mol. The van der Waals surface area contributed by atoms with Crippen LogP contribution < -0.4 is 14.8 Å². The van der Waals surface area contributed by atoms with Crippen molar-refractivity contribution >= 4 is 35.0 Å². The van der Waals surface area contributed by atoms with Crippen LogP contribution in [0.2, 0.25) is 5.02 Å². The molecule has 0 saturated heterocycles. The fourth-order valence-corrected chi connectivity index (χ4v) is 3.33. The zero-order valence-electron chi connectivity index (χ0n) is 14.0. The Labute approximate surface area is 155 Å². The van der Waals surface area contributed by atoms with Crippen LogP contribution in [0.25, 0.3) is 0 Å². The van der Waals surface area contributed by atoms with Crippen molar-refractivity contribution in [3.05, 3.63) is 23.5 Å². The molecule has 0 saturated carbocycles. The minimum absolute atomic E-state index is 0.181. The lowest BCUT2D eigenvalue weighted by Crippen LogP contribution is -2.15. The lowest BCUT2D eigenvalue weighted by atomic mass is 10.2. The Balaban J connectivity index is 1.65. The van der Waals surface area contributed by atoms with Gasteiger partial charge in [0.1, 0.15) is 6.33 Å². The Morgan fingerprint density at radius 2 is 2.08 bits per heavy atom. The molecule has 1 aliphatic rings. The predicted molar refractivity (Wildman–Crippen MR) is 96.8 cm³/mol. The second-order valence-electron chi connectivity index (χ2n) is 5.78. The first kappa shape index (κ1) is 17.9. The highest BCUT2D eigenvalue weighted by molar-refractivity contribution is 7.99. The molecule has 0 spiro atoms. The summed E-state index contributed by atoms with van der Waals surface area (Å²) in [5.41, 5.74) is 0.502. The third-order valence-electron chi connectivity index (χ3n) is 3.54. The fraction of sp³-hybridized carbons (Fsp3) is 0.438. The summed E-state index contributed by atoms with van der Waals surface area (Å²) >= 11 is 7.57. The van der Waals surface area contributed by atoms with Crippen LogP contribution >= 0.6 is 23.4 Å².